The Morgan fingerprint density at radius 2 is 1.74 bits per heavy atom. The molecule has 2 aromatic carbocycles. The smallest absolute Gasteiger partial charge is 0.300 e. The van der Waals surface area contributed by atoms with Crippen LogP contribution in [0, 0.1) is 12.7 Å². The summed E-state index contributed by atoms with van der Waals surface area (Å²) in [6.45, 7) is 1.91. The van der Waals surface area contributed by atoms with Crippen LogP contribution in [0.5, 0.6) is 5.75 Å². The number of rotatable bonds is 4. The number of carbonyl (C=O) groups excluding carboxylic acids is 2. The molecule has 1 N–H and O–H groups in total. The largest absolute Gasteiger partial charge is 0.507 e. The van der Waals surface area contributed by atoms with E-state index in [0.29, 0.717) is 11.3 Å². The van der Waals surface area contributed by atoms with Gasteiger partial charge in [-0.15, -0.1) is 0 Å². The van der Waals surface area contributed by atoms with Gasteiger partial charge in [0, 0.05) is 18.1 Å². The summed E-state index contributed by atoms with van der Waals surface area (Å²) in [5.41, 5.74) is 1.90. The third kappa shape index (κ3) is 3.54. The highest BCUT2D eigenvalue weighted by molar-refractivity contribution is 6.51. The summed E-state index contributed by atoms with van der Waals surface area (Å²) in [6.07, 6.45) is 3.07. The number of ether oxygens (including phenoxy) is 1. The number of benzene rings is 2. The van der Waals surface area contributed by atoms with Gasteiger partial charge in [-0.1, -0.05) is 17.7 Å². The Bertz CT molecular complexity index is 1190. The first-order valence-electron chi connectivity index (χ1n) is 9.54. The number of methoxy groups -OCH3 is 1. The Morgan fingerprint density at radius 1 is 1.06 bits per heavy atom. The molecule has 0 spiro atoms. The fourth-order valence-electron chi connectivity index (χ4n) is 3.68. The summed E-state index contributed by atoms with van der Waals surface area (Å²) >= 11 is 0. The van der Waals surface area contributed by atoms with E-state index in [1.54, 1.807) is 24.3 Å². The Balaban J connectivity index is 1.97. The SMILES string of the molecule is COc1ccc(F)cc1/C(O)=C1\C(=O)C(=O)N(c2ccc(C)cc2)C1c1ccncc1. The maximum Gasteiger partial charge on any atom is 0.300 e. The lowest BCUT2D eigenvalue weighted by molar-refractivity contribution is -0.132. The molecule has 1 unspecified atom stereocenters. The van der Waals surface area contributed by atoms with Crippen molar-refractivity contribution in [2.24, 2.45) is 0 Å². The van der Waals surface area contributed by atoms with E-state index in [1.807, 2.05) is 19.1 Å². The van der Waals surface area contributed by atoms with Crippen molar-refractivity contribution in [3.05, 3.63) is 95.1 Å². The topological polar surface area (TPSA) is 79.7 Å². The van der Waals surface area contributed by atoms with E-state index in [9.17, 15) is 19.1 Å². The molecule has 1 aliphatic heterocycles. The van der Waals surface area contributed by atoms with Crippen LogP contribution in [0.25, 0.3) is 5.76 Å². The molecule has 0 aliphatic carbocycles. The molecule has 1 aromatic heterocycles. The number of aryl methyl sites for hydroxylation is 1. The maximum atomic E-state index is 13.9. The predicted octanol–water partition coefficient (Wildman–Crippen LogP) is 4.16. The van der Waals surface area contributed by atoms with Crippen molar-refractivity contribution in [2.75, 3.05) is 12.0 Å². The van der Waals surface area contributed by atoms with Crippen LogP contribution in [0.2, 0.25) is 0 Å². The standard InChI is InChI=1S/C24H19FN2O4/c1-14-3-6-17(7-4-14)27-21(15-9-11-26-12-10-15)20(23(29)24(27)30)22(28)18-13-16(25)5-8-19(18)31-2/h3-13,21,28H,1-2H3/b22-20+. The monoisotopic (exact) mass is 418 g/mol. The normalized spacial score (nSPS) is 17.8. The number of hydrogen-bond acceptors (Lipinski definition) is 5. The van der Waals surface area contributed by atoms with Gasteiger partial charge < -0.3 is 9.84 Å². The number of aliphatic hydroxyl groups excluding tert-OH is 1. The molecule has 0 bridgehead atoms. The molecule has 1 atom stereocenters. The summed E-state index contributed by atoms with van der Waals surface area (Å²) in [7, 11) is 1.37. The molecule has 0 saturated carbocycles. The molecule has 1 amide bonds. The lowest BCUT2D eigenvalue weighted by Gasteiger charge is -2.25. The maximum absolute atomic E-state index is 13.9. The average Bonchev–Trinajstić information content (AvgIpc) is 3.05. The Kier molecular flexibility index (Phi) is 5.25. The van der Waals surface area contributed by atoms with Crippen LogP contribution in [0.4, 0.5) is 10.1 Å². The van der Waals surface area contributed by atoms with Gasteiger partial charge >= 0.3 is 0 Å². The minimum atomic E-state index is -0.918. The van der Waals surface area contributed by atoms with Gasteiger partial charge in [0.15, 0.2) is 0 Å². The van der Waals surface area contributed by atoms with Crippen molar-refractivity contribution in [2.45, 2.75) is 13.0 Å². The van der Waals surface area contributed by atoms with Crippen molar-refractivity contribution < 1.29 is 23.8 Å². The molecule has 0 radical (unpaired) electrons. The predicted molar refractivity (Wildman–Crippen MR) is 113 cm³/mol. The zero-order chi connectivity index (χ0) is 22.1. The van der Waals surface area contributed by atoms with Crippen LogP contribution in [-0.2, 0) is 9.59 Å². The second-order valence-electron chi connectivity index (χ2n) is 7.13. The van der Waals surface area contributed by atoms with Gasteiger partial charge in [-0.25, -0.2) is 4.39 Å². The molecule has 6 nitrogen and oxygen atoms in total. The molecule has 4 rings (SSSR count). The average molecular weight is 418 g/mol. The summed E-state index contributed by atoms with van der Waals surface area (Å²) < 4.78 is 19.2. The molecule has 7 heteroatoms. The van der Waals surface area contributed by atoms with Gasteiger partial charge in [0.2, 0.25) is 0 Å². The highest BCUT2D eigenvalue weighted by atomic mass is 19.1. The zero-order valence-corrected chi connectivity index (χ0v) is 16.9. The first-order chi connectivity index (χ1) is 14.9. The Morgan fingerprint density at radius 3 is 2.39 bits per heavy atom. The van der Waals surface area contributed by atoms with Crippen LogP contribution in [0.3, 0.4) is 0 Å². The molecule has 1 fully saturated rings. The number of nitrogens with zero attached hydrogens (tertiary/aromatic N) is 2. The van der Waals surface area contributed by atoms with E-state index >= 15 is 0 Å². The summed E-state index contributed by atoms with van der Waals surface area (Å²) in [4.78, 5) is 31.5. The molecular formula is C24H19FN2O4. The second kappa shape index (κ2) is 8.02. The van der Waals surface area contributed by atoms with Crippen LogP contribution < -0.4 is 9.64 Å². The van der Waals surface area contributed by atoms with Crippen molar-refractivity contribution in [3.8, 4) is 5.75 Å². The molecule has 31 heavy (non-hydrogen) atoms. The van der Waals surface area contributed by atoms with Gasteiger partial charge in [-0.3, -0.25) is 19.5 Å². The highest BCUT2D eigenvalue weighted by Crippen LogP contribution is 2.43. The number of halogens is 1. The van der Waals surface area contributed by atoms with E-state index in [1.165, 1.54) is 36.5 Å². The number of anilines is 1. The number of amides is 1. The van der Waals surface area contributed by atoms with E-state index in [2.05, 4.69) is 4.98 Å². The van der Waals surface area contributed by atoms with Crippen LogP contribution >= 0.6 is 0 Å². The van der Waals surface area contributed by atoms with Crippen LogP contribution in [0.15, 0.2) is 72.6 Å². The summed E-state index contributed by atoms with van der Waals surface area (Å²) in [5.74, 6) is -2.61. The van der Waals surface area contributed by atoms with Gasteiger partial charge in [0.25, 0.3) is 11.7 Å². The van der Waals surface area contributed by atoms with Crippen molar-refractivity contribution in [3.63, 3.8) is 0 Å². The first kappa shape index (κ1) is 20.3. The highest BCUT2D eigenvalue weighted by Gasteiger charge is 2.47. The van der Waals surface area contributed by atoms with Crippen molar-refractivity contribution in [1.82, 2.24) is 4.98 Å². The number of pyridine rings is 1. The van der Waals surface area contributed by atoms with E-state index in [0.717, 1.165) is 11.6 Å². The minimum Gasteiger partial charge on any atom is -0.507 e. The molecule has 156 valence electrons. The van der Waals surface area contributed by atoms with Gasteiger partial charge in [-0.2, -0.15) is 0 Å². The molecule has 2 heterocycles. The van der Waals surface area contributed by atoms with Crippen molar-refractivity contribution in [1.29, 1.82) is 0 Å². The fraction of sp³-hybridized carbons (Fsp3) is 0.125. The number of hydrogen-bond donors (Lipinski definition) is 1. The quantitative estimate of drug-likeness (QED) is 0.391. The summed E-state index contributed by atoms with van der Waals surface area (Å²) in [6, 6.07) is 13.1. The summed E-state index contributed by atoms with van der Waals surface area (Å²) in [5, 5.41) is 11.1. The van der Waals surface area contributed by atoms with Gasteiger partial charge in [0.1, 0.15) is 17.3 Å². The molecule has 1 aliphatic rings. The zero-order valence-electron chi connectivity index (χ0n) is 16.9. The molecule has 1 saturated heterocycles. The minimum absolute atomic E-state index is 0.0107. The third-order valence-electron chi connectivity index (χ3n) is 5.20. The number of ketones is 1. The number of aromatic nitrogens is 1. The van der Waals surface area contributed by atoms with E-state index < -0.39 is 29.3 Å². The molecule has 3 aromatic rings. The fourth-order valence-corrected chi connectivity index (χ4v) is 3.68. The lowest BCUT2D eigenvalue weighted by atomic mass is 9.95. The second-order valence-corrected chi connectivity index (χ2v) is 7.13. The molecular weight excluding hydrogens is 399 g/mol. The van der Waals surface area contributed by atoms with E-state index in [4.69, 9.17) is 4.74 Å². The lowest BCUT2D eigenvalue weighted by Crippen LogP contribution is -2.29. The Hall–Kier alpha value is -4.00. The van der Waals surface area contributed by atoms with Crippen molar-refractivity contribution >= 4 is 23.1 Å². The number of Topliss-reactive ketones (excluding diaryl/α,β-unsaturated/α-hetero) is 1. The van der Waals surface area contributed by atoms with E-state index in [-0.39, 0.29) is 16.9 Å². The number of carbonyl (C=O) groups is 2. The van der Waals surface area contributed by atoms with Gasteiger partial charge in [-0.05, 0) is 55.0 Å². The Labute approximate surface area is 178 Å². The number of aliphatic hydroxyl groups is 1. The third-order valence-corrected chi connectivity index (χ3v) is 5.20. The van der Waals surface area contributed by atoms with Gasteiger partial charge in [0.05, 0.1) is 24.3 Å². The van der Waals surface area contributed by atoms with Crippen LogP contribution in [-0.4, -0.2) is 28.9 Å². The van der Waals surface area contributed by atoms with Crippen LogP contribution in [0.1, 0.15) is 22.7 Å². The first-order valence-corrected chi connectivity index (χ1v) is 9.54.